The average molecular weight is 273 g/mol. The van der Waals surface area contributed by atoms with Gasteiger partial charge in [-0.2, -0.15) is 5.10 Å². The topological polar surface area (TPSA) is 81.8 Å². The first-order chi connectivity index (χ1) is 9.63. The Balaban J connectivity index is 1.70. The van der Waals surface area contributed by atoms with Crippen LogP contribution in [-0.4, -0.2) is 31.3 Å². The van der Waals surface area contributed by atoms with Crippen LogP contribution in [0.1, 0.15) is 22.7 Å². The summed E-state index contributed by atoms with van der Waals surface area (Å²) in [5.74, 6) is 0.796. The van der Waals surface area contributed by atoms with Crippen LogP contribution in [0.4, 0.5) is 0 Å². The summed E-state index contributed by atoms with van der Waals surface area (Å²) < 4.78 is 3.20. The van der Waals surface area contributed by atoms with E-state index in [1.807, 2.05) is 10.8 Å². The van der Waals surface area contributed by atoms with Crippen molar-refractivity contribution >= 4 is 5.91 Å². The third-order valence-electron chi connectivity index (χ3n) is 3.46. The molecule has 7 heteroatoms. The highest BCUT2D eigenvalue weighted by Crippen LogP contribution is 2.13. The molecule has 0 aliphatic carbocycles. The summed E-state index contributed by atoms with van der Waals surface area (Å²) in [6.07, 6.45) is 5.39. The molecule has 1 aliphatic rings. The number of rotatable bonds is 2. The number of amides is 1. The standard InChI is InChI=1S/C13H15N5O2/c1-17-12(19)5-3-10(16-17)13(20)15-9-2-4-11-14-6-7-18(11)8-9/h3,5-7,9H,2,4,8H2,1H3,(H,15,20). The van der Waals surface area contributed by atoms with Gasteiger partial charge in [0.05, 0.1) is 0 Å². The predicted octanol–water partition coefficient (Wildman–Crippen LogP) is -0.278. The molecule has 1 unspecified atom stereocenters. The number of aromatic nitrogens is 4. The number of carbonyl (C=O) groups excluding carboxylic acids is 1. The van der Waals surface area contributed by atoms with E-state index in [2.05, 4.69) is 15.4 Å². The Morgan fingerprint density at radius 1 is 1.45 bits per heavy atom. The van der Waals surface area contributed by atoms with E-state index in [4.69, 9.17) is 0 Å². The van der Waals surface area contributed by atoms with Gasteiger partial charge >= 0.3 is 0 Å². The lowest BCUT2D eigenvalue weighted by Crippen LogP contribution is -2.41. The number of hydrogen-bond acceptors (Lipinski definition) is 4. The number of carbonyl (C=O) groups is 1. The van der Waals surface area contributed by atoms with E-state index >= 15 is 0 Å². The molecular weight excluding hydrogens is 258 g/mol. The van der Waals surface area contributed by atoms with Crippen LogP contribution < -0.4 is 10.9 Å². The van der Waals surface area contributed by atoms with Crippen molar-refractivity contribution in [1.82, 2.24) is 24.6 Å². The van der Waals surface area contributed by atoms with Gasteiger partial charge < -0.3 is 9.88 Å². The molecule has 3 heterocycles. The van der Waals surface area contributed by atoms with Gasteiger partial charge in [0.15, 0.2) is 0 Å². The molecule has 3 rings (SSSR count). The van der Waals surface area contributed by atoms with E-state index in [9.17, 15) is 9.59 Å². The first-order valence-electron chi connectivity index (χ1n) is 6.49. The summed E-state index contributed by atoms with van der Waals surface area (Å²) in [6, 6.07) is 2.85. The molecule has 0 aromatic carbocycles. The maximum Gasteiger partial charge on any atom is 0.272 e. The first-order valence-corrected chi connectivity index (χ1v) is 6.49. The van der Waals surface area contributed by atoms with Crippen molar-refractivity contribution in [2.45, 2.75) is 25.4 Å². The van der Waals surface area contributed by atoms with Crippen molar-refractivity contribution in [3.05, 3.63) is 46.4 Å². The molecule has 0 saturated carbocycles. The SMILES string of the molecule is Cn1nc(C(=O)NC2CCc3nccn3C2)ccc1=O. The highest BCUT2D eigenvalue weighted by molar-refractivity contribution is 5.92. The van der Waals surface area contributed by atoms with Gasteiger partial charge in [0.2, 0.25) is 0 Å². The number of fused-ring (bicyclic) bond motifs is 1. The molecule has 1 atom stereocenters. The molecule has 0 bridgehead atoms. The van der Waals surface area contributed by atoms with Crippen LogP contribution in [-0.2, 0) is 20.0 Å². The second-order valence-corrected chi connectivity index (χ2v) is 4.89. The van der Waals surface area contributed by atoms with Crippen molar-refractivity contribution in [2.75, 3.05) is 0 Å². The van der Waals surface area contributed by atoms with Crippen LogP contribution in [0.2, 0.25) is 0 Å². The quantitative estimate of drug-likeness (QED) is 0.816. The first kappa shape index (κ1) is 12.6. The highest BCUT2D eigenvalue weighted by atomic mass is 16.2. The summed E-state index contributed by atoms with van der Waals surface area (Å²) >= 11 is 0. The molecule has 0 saturated heterocycles. The van der Waals surface area contributed by atoms with Crippen LogP contribution in [0.25, 0.3) is 0 Å². The molecule has 1 amide bonds. The van der Waals surface area contributed by atoms with Crippen molar-refractivity contribution < 1.29 is 4.79 Å². The van der Waals surface area contributed by atoms with Gasteiger partial charge in [-0.3, -0.25) is 9.59 Å². The second kappa shape index (κ2) is 4.92. The molecule has 104 valence electrons. The molecule has 0 spiro atoms. The summed E-state index contributed by atoms with van der Waals surface area (Å²) in [4.78, 5) is 27.6. The van der Waals surface area contributed by atoms with Crippen molar-refractivity contribution in [3.8, 4) is 0 Å². The third-order valence-corrected chi connectivity index (χ3v) is 3.46. The van der Waals surface area contributed by atoms with Gasteiger partial charge in [-0.05, 0) is 12.5 Å². The minimum atomic E-state index is -0.255. The minimum absolute atomic E-state index is 0.0586. The largest absolute Gasteiger partial charge is 0.346 e. The van der Waals surface area contributed by atoms with Gasteiger partial charge in [0.1, 0.15) is 11.5 Å². The van der Waals surface area contributed by atoms with E-state index in [1.54, 1.807) is 6.20 Å². The third kappa shape index (κ3) is 2.34. The molecule has 20 heavy (non-hydrogen) atoms. The molecule has 0 fully saturated rings. The zero-order chi connectivity index (χ0) is 14.1. The van der Waals surface area contributed by atoms with Crippen molar-refractivity contribution in [2.24, 2.45) is 7.05 Å². The molecule has 0 radical (unpaired) electrons. The Kier molecular flexibility index (Phi) is 3.09. The monoisotopic (exact) mass is 273 g/mol. The van der Waals surface area contributed by atoms with Crippen LogP contribution in [0.5, 0.6) is 0 Å². The normalized spacial score (nSPS) is 17.6. The van der Waals surface area contributed by atoms with Crippen molar-refractivity contribution in [1.29, 1.82) is 0 Å². The summed E-state index contributed by atoms with van der Waals surface area (Å²) in [5, 5.41) is 6.89. The van der Waals surface area contributed by atoms with Gasteiger partial charge in [-0.25, -0.2) is 9.67 Å². The number of nitrogens with zero attached hydrogens (tertiary/aromatic N) is 4. The van der Waals surface area contributed by atoms with Crippen molar-refractivity contribution in [3.63, 3.8) is 0 Å². The smallest absolute Gasteiger partial charge is 0.272 e. The van der Waals surface area contributed by atoms with Crippen LogP contribution >= 0.6 is 0 Å². The molecule has 7 nitrogen and oxygen atoms in total. The fourth-order valence-electron chi connectivity index (χ4n) is 2.37. The Morgan fingerprint density at radius 2 is 2.30 bits per heavy atom. The minimum Gasteiger partial charge on any atom is -0.346 e. The van der Waals surface area contributed by atoms with E-state index < -0.39 is 0 Å². The lowest BCUT2D eigenvalue weighted by molar-refractivity contribution is 0.0920. The van der Waals surface area contributed by atoms with E-state index in [1.165, 1.54) is 19.2 Å². The van der Waals surface area contributed by atoms with Crippen LogP contribution in [0, 0.1) is 0 Å². The predicted molar refractivity (Wildman–Crippen MR) is 71.3 cm³/mol. The fourth-order valence-corrected chi connectivity index (χ4v) is 2.37. The highest BCUT2D eigenvalue weighted by Gasteiger charge is 2.21. The zero-order valence-corrected chi connectivity index (χ0v) is 11.1. The molecule has 1 aliphatic heterocycles. The molecule has 1 N–H and O–H groups in total. The van der Waals surface area contributed by atoms with Gasteiger partial charge in [-0.1, -0.05) is 0 Å². The lowest BCUT2D eigenvalue weighted by atomic mass is 10.1. The summed E-state index contributed by atoms with van der Waals surface area (Å²) in [6.45, 7) is 0.715. The van der Waals surface area contributed by atoms with Gasteiger partial charge in [0.25, 0.3) is 11.5 Å². The van der Waals surface area contributed by atoms with E-state index in [0.717, 1.165) is 23.3 Å². The number of imidazole rings is 1. The second-order valence-electron chi connectivity index (χ2n) is 4.89. The Morgan fingerprint density at radius 3 is 3.10 bits per heavy atom. The van der Waals surface area contributed by atoms with Crippen LogP contribution in [0.15, 0.2) is 29.3 Å². The Hall–Kier alpha value is -2.44. The van der Waals surface area contributed by atoms with Gasteiger partial charge in [0, 0.05) is 44.5 Å². The number of hydrogen-bond donors (Lipinski definition) is 1. The summed E-state index contributed by atoms with van der Waals surface area (Å²) in [7, 11) is 1.53. The molecular formula is C13H15N5O2. The van der Waals surface area contributed by atoms with E-state index in [-0.39, 0.29) is 23.2 Å². The fraction of sp³-hybridized carbons (Fsp3) is 0.385. The molecule has 2 aromatic rings. The Labute approximate surface area is 115 Å². The zero-order valence-electron chi connectivity index (χ0n) is 11.1. The maximum atomic E-state index is 12.1. The summed E-state index contributed by atoms with van der Waals surface area (Å²) in [5.41, 5.74) is 0.0193. The van der Waals surface area contributed by atoms with Gasteiger partial charge in [-0.15, -0.1) is 0 Å². The maximum absolute atomic E-state index is 12.1. The Bertz CT molecular complexity index is 703. The number of aryl methyl sites for hydroxylation is 2. The van der Waals surface area contributed by atoms with E-state index in [0.29, 0.717) is 6.54 Å². The van der Waals surface area contributed by atoms with Crippen LogP contribution in [0.3, 0.4) is 0 Å². The average Bonchev–Trinajstić information content (AvgIpc) is 2.89. The molecule has 2 aromatic heterocycles. The lowest BCUT2D eigenvalue weighted by Gasteiger charge is -2.24. The number of nitrogens with one attached hydrogen (secondary N) is 1.